The van der Waals surface area contributed by atoms with Crippen LogP contribution in [0.15, 0.2) is 64.0 Å². The highest BCUT2D eigenvalue weighted by Gasteiger charge is 2.28. The molecule has 9 nitrogen and oxygen atoms in total. The van der Waals surface area contributed by atoms with Crippen molar-refractivity contribution < 1.29 is 22.1 Å². The largest absolute Gasteiger partial charge is 0.340 e. The van der Waals surface area contributed by atoms with Crippen molar-refractivity contribution in [3.63, 3.8) is 0 Å². The van der Waals surface area contributed by atoms with Gasteiger partial charge in [-0.25, -0.2) is 17.5 Å². The zero-order valence-corrected chi connectivity index (χ0v) is 19.5. The lowest BCUT2D eigenvalue weighted by atomic mass is 10.2. The smallest absolute Gasteiger partial charge is 0.244 e. The van der Waals surface area contributed by atoms with Crippen LogP contribution in [0.1, 0.15) is 25.3 Å². The molecule has 1 aliphatic heterocycles. The lowest BCUT2D eigenvalue weighted by Gasteiger charge is -2.36. The van der Waals surface area contributed by atoms with Crippen LogP contribution < -0.4 is 4.72 Å². The number of sulfonamides is 1. The maximum atomic E-state index is 13.0. The highest BCUT2D eigenvalue weighted by Crippen LogP contribution is 2.23. The standard InChI is InChI=1S/C23H26FN5O4S/c1-17(23-26-22(27-33-23)18-5-3-2-4-6-18)28-13-15-29(16-14-28)21(30)11-12-25-34(31,32)20-9-7-19(24)8-10-20/h2-10,17,25H,11-16H2,1H3. The van der Waals surface area contributed by atoms with Gasteiger partial charge in [0.1, 0.15) is 5.82 Å². The summed E-state index contributed by atoms with van der Waals surface area (Å²) in [6.45, 7) is 4.28. The minimum Gasteiger partial charge on any atom is -0.340 e. The summed E-state index contributed by atoms with van der Waals surface area (Å²) in [5.41, 5.74) is 0.884. The van der Waals surface area contributed by atoms with Crippen LogP contribution in [0.3, 0.4) is 0 Å². The molecule has 1 atom stereocenters. The molecule has 180 valence electrons. The third kappa shape index (κ3) is 5.66. The van der Waals surface area contributed by atoms with Crippen LogP contribution in [0, 0.1) is 5.82 Å². The molecule has 0 aliphatic carbocycles. The maximum absolute atomic E-state index is 13.0. The van der Waals surface area contributed by atoms with Gasteiger partial charge in [0.05, 0.1) is 10.9 Å². The highest BCUT2D eigenvalue weighted by molar-refractivity contribution is 7.89. The number of carbonyl (C=O) groups is 1. The van der Waals surface area contributed by atoms with E-state index in [-0.39, 0.29) is 29.8 Å². The third-order valence-electron chi connectivity index (χ3n) is 5.80. The van der Waals surface area contributed by atoms with Crippen LogP contribution in [0.25, 0.3) is 11.4 Å². The molecule has 0 bridgehead atoms. The summed E-state index contributed by atoms with van der Waals surface area (Å²) in [5, 5.41) is 4.07. The quantitative estimate of drug-likeness (QED) is 0.520. The number of nitrogens with one attached hydrogen (secondary N) is 1. The lowest BCUT2D eigenvalue weighted by Crippen LogP contribution is -2.49. The number of aromatic nitrogens is 2. The Kier molecular flexibility index (Phi) is 7.35. The van der Waals surface area contributed by atoms with Crippen molar-refractivity contribution in [3.8, 4) is 11.4 Å². The van der Waals surface area contributed by atoms with Crippen molar-refractivity contribution in [1.29, 1.82) is 0 Å². The fourth-order valence-electron chi connectivity index (χ4n) is 3.77. The Morgan fingerprint density at radius 1 is 1.09 bits per heavy atom. The van der Waals surface area contributed by atoms with Crippen molar-refractivity contribution >= 4 is 15.9 Å². The van der Waals surface area contributed by atoms with E-state index in [9.17, 15) is 17.6 Å². The molecule has 3 aromatic rings. The van der Waals surface area contributed by atoms with Gasteiger partial charge in [-0.15, -0.1) is 0 Å². The molecule has 1 unspecified atom stereocenters. The third-order valence-corrected chi connectivity index (χ3v) is 7.28. The average Bonchev–Trinajstić information content (AvgIpc) is 3.35. The Morgan fingerprint density at radius 3 is 2.44 bits per heavy atom. The van der Waals surface area contributed by atoms with E-state index in [4.69, 9.17) is 4.52 Å². The van der Waals surface area contributed by atoms with Crippen molar-refractivity contribution in [2.24, 2.45) is 0 Å². The van der Waals surface area contributed by atoms with E-state index in [0.717, 1.165) is 17.7 Å². The van der Waals surface area contributed by atoms with E-state index in [0.29, 0.717) is 37.9 Å². The van der Waals surface area contributed by atoms with E-state index >= 15 is 0 Å². The Hall–Kier alpha value is -3.15. The molecule has 1 fully saturated rings. The van der Waals surface area contributed by atoms with Crippen molar-refractivity contribution in [3.05, 3.63) is 66.3 Å². The van der Waals surface area contributed by atoms with Gasteiger partial charge in [-0.05, 0) is 31.2 Å². The van der Waals surface area contributed by atoms with Gasteiger partial charge < -0.3 is 9.42 Å². The van der Waals surface area contributed by atoms with Crippen LogP contribution in [0.4, 0.5) is 4.39 Å². The van der Waals surface area contributed by atoms with Crippen LogP contribution in [-0.2, 0) is 14.8 Å². The molecule has 0 spiro atoms. The lowest BCUT2D eigenvalue weighted by molar-refractivity contribution is -0.133. The topological polar surface area (TPSA) is 109 Å². The van der Waals surface area contributed by atoms with Crippen LogP contribution in [-0.4, -0.2) is 67.0 Å². The number of hydrogen-bond acceptors (Lipinski definition) is 7. The van der Waals surface area contributed by atoms with Gasteiger partial charge in [0, 0.05) is 44.7 Å². The predicted molar refractivity (Wildman–Crippen MR) is 123 cm³/mol. The second-order valence-electron chi connectivity index (χ2n) is 8.02. The van der Waals surface area contributed by atoms with Gasteiger partial charge in [0.15, 0.2) is 0 Å². The normalized spacial score (nSPS) is 15.9. The molecule has 2 heterocycles. The minimum absolute atomic E-state index is 0.0284. The number of amides is 1. The zero-order chi connectivity index (χ0) is 24.1. The fraction of sp³-hybridized carbons (Fsp3) is 0.348. The van der Waals surface area contributed by atoms with E-state index in [1.165, 1.54) is 12.1 Å². The monoisotopic (exact) mass is 487 g/mol. The Labute approximate surface area is 197 Å². The second-order valence-corrected chi connectivity index (χ2v) is 9.78. The number of piperazine rings is 1. The van der Waals surface area contributed by atoms with E-state index < -0.39 is 15.8 Å². The van der Waals surface area contributed by atoms with Gasteiger partial charge in [0.2, 0.25) is 27.6 Å². The molecule has 34 heavy (non-hydrogen) atoms. The van der Waals surface area contributed by atoms with Gasteiger partial charge in [-0.1, -0.05) is 35.5 Å². The van der Waals surface area contributed by atoms with Crippen LogP contribution >= 0.6 is 0 Å². The molecule has 0 saturated carbocycles. The fourth-order valence-corrected chi connectivity index (χ4v) is 4.80. The predicted octanol–water partition coefficient (Wildman–Crippen LogP) is 2.45. The summed E-state index contributed by atoms with van der Waals surface area (Å²) < 4.78 is 45.4. The van der Waals surface area contributed by atoms with Crippen molar-refractivity contribution in [2.45, 2.75) is 24.3 Å². The second kappa shape index (κ2) is 10.4. The van der Waals surface area contributed by atoms with Crippen LogP contribution in [0.5, 0.6) is 0 Å². The molecular weight excluding hydrogens is 461 g/mol. The molecule has 1 aliphatic rings. The minimum atomic E-state index is -3.79. The van der Waals surface area contributed by atoms with Gasteiger partial charge in [0.25, 0.3) is 0 Å². The first kappa shape index (κ1) is 24.0. The molecule has 1 N–H and O–H groups in total. The summed E-state index contributed by atoms with van der Waals surface area (Å²) in [7, 11) is -3.79. The maximum Gasteiger partial charge on any atom is 0.244 e. The Bertz CT molecular complexity index is 1210. The number of nitrogens with zero attached hydrogens (tertiary/aromatic N) is 4. The first-order chi connectivity index (χ1) is 16.3. The Morgan fingerprint density at radius 2 is 1.76 bits per heavy atom. The van der Waals surface area contributed by atoms with Crippen LogP contribution in [0.2, 0.25) is 0 Å². The van der Waals surface area contributed by atoms with E-state index in [1.54, 1.807) is 4.90 Å². The number of halogens is 1. The average molecular weight is 488 g/mol. The van der Waals surface area contributed by atoms with Gasteiger partial charge in [-0.3, -0.25) is 9.69 Å². The van der Waals surface area contributed by atoms with E-state index in [2.05, 4.69) is 19.8 Å². The number of benzene rings is 2. The van der Waals surface area contributed by atoms with Crippen molar-refractivity contribution in [2.75, 3.05) is 32.7 Å². The van der Waals surface area contributed by atoms with E-state index in [1.807, 2.05) is 37.3 Å². The molecular formula is C23H26FN5O4S. The van der Waals surface area contributed by atoms with Crippen molar-refractivity contribution in [1.82, 2.24) is 24.7 Å². The SMILES string of the molecule is CC(c1nc(-c2ccccc2)no1)N1CCN(C(=O)CCNS(=O)(=O)c2ccc(F)cc2)CC1. The summed E-state index contributed by atoms with van der Waals surface area (Å²) in [4.78, 5) is 20.9. The summed E-state index contributed by atoms with van der Waals surface area (Å²) >= 11 is 0. The summed E-state index contributed by atoms with van der Waals surface area (Å²) in [5.74, 6) is 0.421. The van der Waals surface area contributed by atoms with Gasteiger partial charge >= 0.3 is 0 Å². The molecule has 2 aromatic carbocycles. The summed E-state index contributed by atoms with van der Waals surface area (Å²) in [6.07, 6.45) is 0.0417. The molecule has 0 radical (unpaired) electrons. The Balaban J connectivity index is 1.24. The van der Waals surface area contributed by atoms with Gasteiger partial charge in [-0.2, -0.15) is 4.98 Å². The first-order valence-corrected chi connectivity index (χ1v) is 12.5. The first-order valence-electron chi connectivity index (χ1n) is 11.0. The number of rotatable bonds is 8. The molecule has 1 amide bonds. The molecule has 1 saturated heterocycles. The zero-order valence-electron chi connectivity index (χ0n) is 18.7. The molecule has 1 aromatic heterocycles. The number of carbonyl (C=O) groups excluding carboxylic acids is 1. The summed E-state index contributed by atoms with van der Waals surface area (Å²) in [6, 6.07) is 14.0. The molecule has 4 rings (SSSR count). The number of hydrogen-bond donors (Lipinski definition) is 1. The highest BCUT2D eigenvalue weighted by atomic mass is 32.2. The molecule has 11 heteroatoms.